The van der Waals surface area contributed by atoms with Crippen LogP contribution in [0.25, 0.3) is 5.69 Å². The van der Waals surface area contributed by atoms with Crippen molar-refractivity contribution in [2.24, 2.45) is 5.41 Å². The van der Waals surface area contributed by atoms with Crippen molar-refractivity contribution in [3.05, 3.63) is 47.1 Å². The highest BCUT2D eigenvalue weighted by Crippen LogP contribution is 2.32. The van der Waals surface area contributed by atoms with Crippen LogP contribution in [-0.2, 0) is 4.79 Å². The van der Waals surface area contributed by atoms with Gasteiger partial charge in [-0.2, -0.15) is 0 Å². The van der Waals surface area contributed by atoms with E-state index in [1.54, 1.807) is 4.57 Å². The molecule has 0 unspecified atom stereocenters. The average molecular weight is 523 g/mol. The van der Waals surface area contributed by atoms with Gasteiger partial charge in [-0.3, -0.25) is 18.8 Å². The van der Waals surface area contributed by atoms with Crippen molar-refractivity contribution in [3.8, 4) is 11.4 Å². The summed E-state index contributed by atoms with van der Waals surface area (Å²) in [4.78, 5) is 28.4. The van der Waals surface area contributed by atoms with Crippen LogP contribution in [0, 0.1) is 5.41 Å². The van der Waals surface area contributed by atoms with E-state index in [4.69, 9.17) is 4.74 Å². The molecule has 2 aliphatic carbocycles. The zero-order chi connectivity index (χ0) is 26.7. The van der Waals surface area contributed by atoms with Crippen LogP contribution >= 0.6 is 0 Å². The van der Waals surface area contributed by atoms with E-state index in [-0.39, 0.29) is 29.1 Å². The first-order chi connectivity index (χ1) is 18.2. The Hall–Kier alpha value is -2.54. The fourth-order valence-electron chi connectivity index (χ4n) is 6.67. The van der Waals surface area contributed by atoms with Gasteiger partial charge < -0.3 is 10.1 Å². The SMILES string of the molecule is CC(C)(C)CC(=O)N[C@@H]1CCCN(C2CCC(n3ccn(-c4ccc(OC5CCCC5)cc4)c3=O)CC2)C1. The minimum Gasteiger partial charge on any atom is -0.490 e. The van der Waals surface area contributed by atoms with Crippen molar-refractivity contribution in [2.45, 2.75) is 116 Å². The van der Waals surface area contributed by atoms with Crippen LogP contribution < -0.4 is 15.7 Å². The summed E-state index contributed by atoms with van der Waals surface area (Å²) in [6, 6.07) is 8.99. The zero-order valence-electron chi connectivity index (χ0n) is 23.5. The van der Waals surface area contributed by atoms with Crippen LogP contribution in [0.2, 0.25) is 0 Å². The monoisotopic (exact) mass is 522 g/mol. The Morgan fingerprint density at radius 3 is 2.29 bits per heavy atom. The highest BCUT2D eigenvalue weighted by Gasteiger charge is 2.31. The summed E-state index contributed by atoms with van der Waals surface area (Å²) in [5.74, 6) is 1.06. The Labute approximate surface area is 227 Å². The van der Waals surface area contributed by atoms with E-state index in [2.05, 4.69) is 31.0 Å². The summed E-state index contributed by atoms with van der Waals surface area (Å²) < 4.78 is 9.77. The maximum absolute atomic E-state index is 13.3. The molecule has 1 atom stereocenters. The van der Waals surface area contributed by atoms with Gasteiger partial charge in [0.25, 0.3) is 0 Å². The van der Waals surface area contributed by atoms with Crippen LogP contribution in [-0.4, -0.2) is 51.2 Å². The first-order valence-corrected chi connectivity index (χ1v) is 14.9. The number of rotatable bonds is 7. The molecule has 1 aliphatic heterocycles. The molecule has 2 heterocycles. The quantitative estimate of drug-likeness (QED) is 0.524. The number of piperidine rings is 1. The van der Waals surface area contributed by atoms with Gasteiger partial charge in [0, 0.05) is 43.5 Å². The van der Waals surface area contributed by atoms with E-state index in [1.807, 2.05) is 41.2 Å². The number of carbonyl (C=O) groups excluding carboxylic acids is 1. The fourth-order valence-corrected chi connectivity index (χ4v) is 6.67. The first-order valence-electron chi connectivity index (χ1n) is 14.9. The lowest BCUT2D eigenvalue weighted by Gasteiger charge is -2.41. The molecule has 1 saturated heterocycles. The predicted octanol–water partition coefficient (Wildman–Crippen LogP) is 5.46. The van der Waals surface area contributed by atoms with Gasteiger partial charge in [0.1, 0.15) is 5.75 Å². The Kier molecular flexibility index (Phi) is 8.32. The van der Waals surface area contributed by atoms with Crippen LogP contribution in [0.1, 0.15) is 97.4 Å². The summed E-state index contributed by atoms with van der Waals surface area (Å²) in [5, 5.41) is 3.29. The fraction of sp³-hybridized carbons (Fsp3) is 0.677. The summed E-state index contributed by atoms with van der Waals surface area (Å²) in [7, 11) is 0. The van der Waals surface area contributed by atoms with E-state index >= 15 is 0 Å². The predicted molar refractivity (Wildman–Crippen MR) is 151 cm³/mol. The molecule has 5 rings (SSSR count). The van der Waals surface area contributed by atoms with Crippen LogP contribution in [0.15, 0.2) is 41.5 Å². The van der Waals surface area contributed by atoms with Crippen molar-refractivity contribution in [2.75, 3.05) is 13.1 Å². The van der Waals surface area contributed by atoms with Gasteiger partial charge in [0.15, 0.2) is 0 Å². The third kappa shape index (κ3) is 6.71. The third-order valence-corrected chi connectivity index (χ3v) is 8.61. The highest BCUT2D eigenvalue weighted by molar-refractivity contribution is 5.76. The van der Waals surface area contributed by atoms with Gasteiger partial charge in [0.05, 0.1) is 11.8 Å². The summed E-state index contributed by atoms with van der Waals surface area (Å²) in [6.45, 7) is 8.39. The number of ether oxygens (including phenoxy) is 1. The molecule has 7 heteroatoms. The second-order valence-electron chi connectivity index (χ2n) is 13.0. The second kappa shape index (κ2) is 11.7. The molecular formula is C31H46N4O3. The number of nitrogens with one attached hydrogen (secondary N) is 1. The molecule has 2 aromatic rings. The van der Waals surface area contributed by atoms with Crippen LogP contribution in [0.3, 0.4) is 0 Å². The third-order valence-electron chi connectivity index (χ3n) is 8.61. The lowest BCUT2D eigenvalue weighted by atomic mass is 9.88. The van der Waals surface area contributed by atoms with Crippen molar-refractivity contribution < 1.29 is 9.53 Å². The molecule has 7 nitrogen and oxygen atoms in total. The number of hydrogen-bond donors (Lipinski definition) is 1. The van der Waals surface area contributed by atoms with E-state index < -0.39 is 0 Å². The first kappa shape index (κ1) is 27.0. The maximum atomic E-state index is 13.3. The van der Waals surface area contributed by atoms with Gasteiger partial charge in [0.2, 0.25) is 5.91 Å². The molecule has 0 radical (unpaired) electrons. The minimum atomic E-state index is 0.0146. The molecule has 3 aliphatic rings. The van der Waals surface area contributed by atoms with E-state index in [0.717, 1.165) is 75.9 Å². The maximum Gasteiger partial charge on any atom is 0.332 e. The zero-order valence-corrected chi connectivity index (χ0v) is 23.5. The number of likely N-dealkylation sites (tertiary alicyclic amines) is 1. The normalized spacial score (nSPS) is 25.4. The van der Waals surface area contributed by atoms with Crippen molar-refractivity contribution >= 4 is 5.91 Å². The topological polar surface area (TPSA) is 68.5 Å². The minimum absolute atomic E-state index is 0.0146. The number of aromatic nitrogens is 2. The Bertz CT molecular complexity index is 1120. The standard InChI is InChI=1S/C31H46N4O3/c1-31(2,3)21-29(36)32-23-7-6-18-33(22-23)24-10-12-25(13-11-24)34-19-20-35(30(34)37)26-14-16-28(17-15-26)38-27-8-4-5-9-27/h14-17,19-20,23-25,27H,4-13,18,21-22H2,1-3H3,(H,32,36)/t23-,24?,25?/m1/s1. The number of hydrogen-bond acceptors (Lipinski definition) is 4. The van der Waals surface area contributed by atoms with Gasteiger partial charge in [-0.15, -0.1) is 0 Å². The smallest absolute Gasteiger partial charge is 0.332 e. The number of carbonyl (C=O) groups is 1. The summed E-state index contributed by atoms with van der Waals surface area (Å²) in [5.41, 5.74) is 0.937. The van der Waals surface area contributed by atoms with E-state index in [0.29, 0.717) is 18.6 Å². The molecule has 1 aromatic carbocycles. The van der Waals surface area contributed by atoms with Crippen molar-refractivity contribution in [3.63, 3.8) is 0 Å². The van der Waals surface area contributed by atoms with Crippen LogP contribution in [0.4, 0.5) is 0 Å². The van der Waals surface area contributed by atoms with Gasteiger partial charge in [-0.1, -0.05) is 20.8 Å². The number of benzene rings is 1. The van der Waals surface area contributed by atoms with E-state index in [9.17, 15) is 9.59 Å². The van der Waals surface area contributed by atoms with Gasteiger partial charge >= 0.3 is 5.69 Å². The van der Waals surface area contributed by atoms with Gasteiger partial charge in [-0.05, 0) is 100 Å². The summed E-state index contributed by atoms with van der Waals surface area (Å²) in [6.07, 6.45) is 16.0. The number of nitrogens with zero attached hydrogens (tertiary/aromatic N) is 3. The molecule has 0 bridgehead atoms. The lowest BCUT2D eigenvalue weighted by Crippen LogP contribution is -2.52. The van der Waals surface area contributed by atoms with Gasteiger partial charge in [-0.25, -0.2) is 4.79 Å². The summed E-state index contributed by atoms with van der Waals surface area (Å²) >= 11 is 0. The van der Waals surface area contributed by atoms with Crippen LogP contribution in [0.5, 0.6) is 5.75 Å². The Balaban J connectivity index is 1.14. The lowest BCUT2D eigenvalue weighted by molar-refractivity contribution is -0.124. The molecular weight excluding hydrogens is 476 g/mol. The van der Waals surface area contributed by atoms with Crippen molar-refractivity contribution in [1.82, 2.24) is 19.4 Å². The molecule has 1 aromatic heterocycles. The Morgan fingerprint density at radius 2 is 1.61 bits per heavy atom. The molecule has 3 fully saturated rings. The van der Waals surface area contributed by atoms with E-state index in [1.165, 1.54) is 12.8 Å². The number of amides is 1. The second-order valence-corrected chi connectivity index (χ2v) is 13.0. The largest absolute Gasteiger partial charge is 0.490 e. The Morgan fingerprint density at radius 1 is 0.921 bits per heavy atom. The molecule has 38 heavy (non-hydrogen) atoms. The number of imidazole rings is 1. The van der Waals surface area contributed by atoms with Crippen molar-refractivity contribution in [1.29, 1.82) is 0 Å². The average Bonchev–Trinajstić information content (AvgIpc) is 3.53. The molecule has 208 valence electrons. The highest BCUT2D eigenvalue weighted by atomic mass is 16.5. The molecule has 1 N–H and O–H groups in total. The molecule has 0 spiro atoms. The molecule has 1 amide bonds. The molecule has 2 saturated carbocycles.